The first kappa shape index (κ1) is 10.9. The highest BCUT2D eigenvalue weighted by Gasteiger charge is 2.12. The van der Waals surface area contributed by atoms with E-state index in [0.29, 0.717) is 11.3 Å². The molecule has 0 aliphatic rings. The van der Waals surface area contributed by atoms with Crippen molar-refractivity contribution in [1.82, 2.24) is 0 Å². The number of benzene rings is 1. The minimum Gasteiger partial charge on any atom is -0.496 e. The molecular formula is C10H12O3S. The average molecular weight is 212 g/mol. The predicted molar refractivity (Wildman–Crippen MR) is 56.1 cm³/mol. The van der Waals surface area contributed by atoms with E-state index >= 15 is 0 Å². The van der Waals surface area contributed by atoms with Gasteiger partial charge in [-0.1, -0.05) is 0 Å². The Hall–Kier alpha value is -1.16. The molecule has 1 rings (SSSR count). The first-order valence-electron chi connectivity index (χ1n) is 4.03. The van der Waals surface area contributed by atoms with Gasteiger partial charge in [0.1, 0.15) is 11.3 Å². The molecule has 1 aromatic rings. The minimum absolute atomic E-state index is 0.377. The molecule has 0 fully saturated rings. The summed E-state index contributed by atoms with van der Waals surface area (Å²) in [5, 5.41) is 0. The van der Waals surface area contributed by atoms with Gasteiger partial charge in [-0.25, -0.2) is 4.79 Å². The van der Waals surface area contributed by atoms with Crippen molar-refractivity contribution in [2.24, 2.45) is 0 Å². The molecule has 0 unspecified atom stereocenters. The normalized spacial score (nSPS) is 9.64. The molecular weight excluding hydrogens is 200 g/mol. The highest BCUT2D eigenvalue weighted by atomic mass is 32.2. The van der Waals surface area contributed by atoms with E-state index < -0.39 is 0 Å². The smallest absolute Gasteiger partial charge is 0.341 e. The molecule has 0 aliphatic heterocycles. The van der Waals surface area contributed by atoms with Gasteiger partial charge in [-0.3, -0.25) is 0 Å². The summed E-state index contributed by atoms with van der Waals surface area (Å²) in [6, 6.07) is 5.42. The Morgan fingerprint density at radius 1 is 1.36 bits per heavy atom. The van der Waals surface area contributed by atoms with Crippen LogP contribution in [0.15, 0.2) is 23.1 Å². The molecule has 0 aromatic heterocycles. The Morgan fingerprint density at radius 3 is 2.57 bits per heavy atom. The summed E-state index contributed by atoms with van der Waals surface area (Å²) in [6.45, 7) is 0. The molecule has 0 bridgehead atoms. The van der Waals surface area contributed by atoms with Gasteiger partial charge in [-0.15, -0.1) is 11.8 Å². The lowest BCUT2D eigenvalue weighted by atomic mass is 10.2. The van der Waals surface area contributed by atoms with Crippen LogP contribution in [-0.2, 0) is 4.74 Å². The number of esters is 1. The van der Waals surface area contributed by atoms with Gasteiger partial charge in [0.25, 0.3) is 0 Å². The Morgan fingerprint density at radius 2 is 2.07 bits per heavy atom. The number of methoxy groups -OCH3 is 2. The van der Waals surface area contributed by atoms with Crippen molar-refractivity contribution in [2.75, 3.05) is 20.5 Å². The number of hydrogen-bond donors (Lipinski definition) is 0. The van der Waals surface area contributed by atoms with Crippen molar-refractivity contribution in [2.45, 2.75) is 4.90 Å². The lowest BCUT2D eigenvalue weighted by molar-refractivity contribution is 0.0597. The van der Waals surface area contributed by atoms with E-state index in [4.69, 9.17) is 4.74 Å². The number of ether oxygens (including phenoxy) is 2. The van der Waals surface area contributed by atoms with Crippen molar-refractivity contribution in [3.8, 4) is 5.75 Å². The standard InChI is InChI=1S/C10H12O3S/c1-12-9-5-4-7(14-3)6-8(9)10(11)13-2/h4-6H,1-3H3. The lowest BCUT2D eigenvalue weighted by Gasteiger charge is -2.07. The van der Waals surface area contributed by atoms with Crippen LogP contribution in [0.5, 0.6) is 5.75 Å². The van der Waals surface area contributed by atoms with Crippen molar-refractivity contribution in [3.05, 3.63) is 23.8 Å². The SMILES string of the molecule is COC(=O)c1cc(SC)ccc1OC. The molecule has 0 spiro atoms. The molecule has 0 amide bonds. The van der Waals surface area contributed by atoms with Crippen molar-refractivity contribution in [1.29, 1.82) is 0 Å². The molecule has 0 saturated heterocycles. The van der Waals surface area contributed by atoms with Gasteiger partial charge in [-0.05, 0) is 24.5 Å². The van der Waals surface area contributed by atoms with Crippen molar-refractivity contribution >= 4 is 17.7 Å². The maximum atomic E-state index is 11.3. The summed E-state index contributed by atoms with van der Waals surface area (Å²) in [5.74, 6) is 0.160. The van der Waals surface area contributed by atoms with Crippen molar-refractivity contribution < 1.29 is 14.3 Å². The highest BCUT2D eigenvalue weighted by molar-refractivity contribution is 7.98. The topological polar surface area (TPSA) is 35.5 Å². The predicted octanol–water partition coefficient (Wildman–Crippen LogP) is 2.20. The second kappa shape index (κ2) is 4.91. The summed E-state index contributed by atoms with van der Waals surface area (Å²) in [4.78, 5) is 12.4. The molecule has 4 heteroatoms. The maximum absolute atomic E-state index is 11.3. The van der Waals surface area contributed by atoms with Crippen LogP contribution in [0.2, 0.25) is 0 Å². The van der Waals surface area contributed by atoms with Crippen LogP contribution >= 0.6 is 11.8 Å². The quantitative estimate of drug-likeness (QED) is 0.568. The molecule has 0 radical (unpaired) electrons. The summed E-state index contributed by atoms with van der Waals surface area (Å²) >= 11 is 1.57. The van der Waals surface area contributed by atoms with Crippen LogP contribution < -0.4 is 4.74 Å². The number of rotatable bonds is 3. The van der Waals surface area contributed by atoms with Gasteiger partial charge in [0.15, 0.2) is 0 Å². The fraction of sp³-hybridized carbons (Fsp3) is 0.300. The number of hydrogen-bond acceptors (Lipinski definition) is 4. The van der Waals surface area contributed by atoms with E-state index in [-0.39, 0.29) is 5.97 Å². The molecule has 76 valence electrons. The van der Waals surface area contributed by atoms with Gasteiger partial charge in [0.05, 0.1) is 14.2 Å². The highest BCUT2D eigenvalue weighted by Crippen LogP contribution is 2.25. The molecule has 0 saturated carbocycles. The zero-order valence-corrected chi connectivity index (χ0v) is 9.18. The summed E-state index contributed by atoms with van der Waals surface area (Å²) in [7, 11) is 2.88. The number of thioether (sulfide) groups is 1. The summed E-state index contributed by atoms with van der Waals surface area (Å²) < 4.78 is 9.71. The van der Waals surface area contributed by atoms with Crippen LogP contribution in [0.25, 0.3) is 0 Å². The number of carbonyl (C=O) groups excluding carboxylic acids is 1. The second-order valence-electron chi connectivity index (χ2n) is 2.56. The van der Waals surface area contributed by atoms with Crippen LogP contribution in [0, 0.1) is 0 Å². The molecule has 0 heterocycles. The summed E-state index contributed by atoms with van der Waals surface area (Å²) in [5.41, 5.74) is 0.460. The first-order valence-corrected chi connectivity index (χ1v) is 5.25. The minimum atomic E-state index is -0.377. The molecule has 14 heavy (non-hydrogen) atoms. The molecule has 0 atom stereocenters. The fourth-order valence-corrected chi connectivity index (χ4v) is 1.52. The van der Waals surface area contributed by atoms with Gasteiger partial charge < -0.3 is 9.47 Å². The van der Waals surface area contributed by atoms with Gasteiger partial charge in [0, 0.05) is 4.90 Å². The van der Waals surface area contributed by atoms with Gasteiger partial charge in [-0.2, -0.15) is 0 Å². The van der Waals surface area contributed by atoms with E-state index in [2.05, 4.69) is 4.74 Å². The molecule has 3 nitrogen and oxygen atoms in total. The Bertz CT molecular complexity index is 336. The largest absolute Gasteiger partial charge is 0.496 e. The second-order valence-corrected chi connectivity index (χ2v) is 3.44. The van der Waals surface area contributed by atoms with Crippen LogP contribution in [0.1, 0.15) is 10.4 Å². The van der Waals surface area contributed by atoms with E-state index in [1.165, 1.54) is 14.2 Å². The number of carbonyl (C=O) groups is 1. The van der Waals surface area contributed by atoms with Gasteiger partial charge >= 0.3 is 5.97 Å². The molecule has 0 N–H and O–H groups in total. The van der Waals surface area contributed by atoms with E-state index in [1.54, 1.807) is 23.9 Å². The fourth-order valence-electron chi connectivity index (χ4n) is 1.08. The van der Waals surface area contributed by atoms with Crippen LogP contribution in [0.3, 0.4) is 0 Å². The summed E-state index contributed by atoms with van der Waals surface area (Å²) in [6.07, 6.45) is 1.95. The zero-order chi connectivity index (χ0) is 10.6. The zero-order valence-electron chi connectivity index (χ0n) is 8.37. The Balaban J connectivity index is 3.14. The molecule has 0 aliphatic carbocycles. The lowest BCUT2D eigenvalue weighted by Crippen LogP contribution is -2.04. The first-order chi connectivity index (χ1) is 6.72. The van der Waals surface area contributed by atoms with Crippen LogP contribution in [-0.4, -0.2) is 26.4 Å². The molecule has 1 aromatic carbocycles. The monoisotopic (exact) mass is 212 g/mol. The third kappa shape index (κ3) is 2.20. The third-order valence-electron chi connectivity index (χ3n) is 1.81. The maximum Gasteiger partial charge on any atom is 0.341 e. The Kier molecular flexibility index (Phi) is 3.83. The van der Waals surface area contributed by atoms with Crippen molar-refractivity contribution in [3.63, 3.8) is 0 Å². The van der Waals surface area contributed by atoms with Gasteiger partial charge in [0.2, 0.25) is 0 Å². The van der Waals surface area contributed by atoms with E-state index in [1.807, 2.05) is 12.3 Å². The van der Waals surface area contributed by atoms with E-state index in [9.17, 15) is 4.79 Å². The van der Waals surface area contributed by atoms with E-state index in [0.717, 1.165) is 4.90 Å². The van der Waals surface area contributed by atoms with Crippen LogP contribution in [0.4, 0.5) is 0 Å². The third-order valence-corrected chi connectivity index (χ3v) is 2.54. The Labute approximate surface area is 87.4 Å². The average Bonchev–Trinajstić information content (AvgIpc) is 2.27.